The Morgan fingerprint density at radius 1 is 1.32 bits per heavy atom. The largest absolute Gasteiger partial charge is 0.461 e. The van der Waals surface area contributed by atoms with Gasteiger partial charge in [0.15, 0.2) is 0 Å². The van der Waals surface area contributed by atoms with Gasteiger partial charge in [0.05, 0.1) is 18.3 Å². The van der Waals surface area contributed by atoms with Crippen molar-refractivity contribution in [2.75, 3.05) is 18.5 Å². The molecule has 4 rings (SSSR count). The van der Waals surface area contributed by atoms with Gasteiger partial charge in [-0.15, -0.1) is 0 Å². The molecule has 1 aromatic heterocycles. The molecule has 0 unspecified atom stereocenters. The van der Waals surface area contributed by atoms with Crippen molar-refractivity contribution in [1.82, 2.24) is 9.88 Å². The van der Waals surface area contributed by atoms with Crippen molar-refractivity contribution in [3.05, 3.63) is 29.7 Å². The molecule has 1 saturated carbocycles. The van der Waals surface area contributed by atoms with Crippen LogP contribution in [-0.4, -0.2) is 47.0 Å². The number of esters is 1. The van der Waals surface area contributed by atoms with E-state index < -0.39 is 11.8 Å². The number of carbonyl (C=O) groups is 2. The first-order valence-corrected chi connectivity index (χ1v) is 11.1. The van der Waals surface area contributed by atoms with E-state index in [9.17, 15) is 14.0 Å². The van der Waals surface area contributed by atoms with Crippen molar-refractivity contribution < 1.29 is 18.7 Å². The molecular formula is C24H32FN3O3. The number of benzene rings is 1. The molecule has 31 heavy (non-hydrogen) atoms. The quantitative estimate of drug-likeness (QED) is 0.675. The van der Waals surface area contributed by atoms with E-state index in [4.69, 9.17) is 4.74 Å². The fourth-order valence-electron chi connectivity index (χ4n) is 5.99. The second kappa shape index (κ2) is 7.62. The maximum absolute atomic E-state index is 13.9. The Morgan fingerprint density at radius 2 is 2.06 bits per heavy atom. The lowest BCUT2D eigenvalue weighted by Gasteiger charge is -2.40. The number of halogens is 1. The van der Waals surface area contributed by atoms with E-state index in [0.717, 1.165) is 25.8 Å². The Morgan fingerprint density at radius 3 is 2.77 bits per heavy atom. The standard InChI is InChI=1S/C24H32FN3O3/c1-6-31-22(30)20-19(17-9-15(25)7-8-18(17)26-20)27-21(29)14(2)28-13-24(5)11-16(28)10-23(3,4)12-24/h7-9,14,16,26H,6,10-13H2,1-5H3,(H,27,29)/t14-,16+,24+/m1/s1. The molecule has 1 saturated heterocycles. The first kappa shape index (κ1) is 21.8. The van der Waals surface area contributed by atoms with E-state index >= 15 is 0 Å². The van der Waals surface area contributed by atoms with Gasteiger partial charge in [0.1, 0.15) is 11.5 Å². The van der Waals surface area contributed by atoms with Crippen LogP contribution >= 0.6 is 0 Å². The summed E-state index contributed by atoms with van der Waals surface area (Å²) in [6.45, 7) is 11.6. The molecule has 2 aromatic rings. The lowest BCUT2D eigenvalue weighted by atomic mass is 9.65. The van der Waals surface area contributed by atoms with Crippen LogP contribution in [0.3, 0.4) is 0 Å². The van der Waals surface area contributed by atoms with E-state index in [1.807, 2.05) is 6.92 Å². The number of carbonyl (C=O) groups excluding carboxylic acids is 2. The highest BCUT2D eigenvalue weighted by Gasteiger charge is 2.51. The van der Waals surface area contributed by atoms with Crippen molar-refractivity contribution in [3.63, 3.8) is 0 Å². The van der Waals surface area contributed by atoms with Crippen LogP contribution in [0.5, 0.6) is 0 Å². The van der Waals surface area contributed by atoms with Gasteiger partial charge in [0.2, 0.25) is 5.91 Å². The summed E-state index contributed by atoms with van der Waals surface area (Å²) >= 11 is 0. The van der Waals surface area contributed by atoms with Gasteiger partial charge in [0, 0.05) is 23.5 Å². The van der Waals surface area contributed by atoms with Gasteiger partial charge in [-0.3, -0.25) is 9.69 Å². The third-order valence-corrected chi connectivity index (χ3v) is 6.82. The molecule has 2 bridgehead atoms. The summed E-state index contributed by atoms with van der Waals surface area (Å²) in [5.41, 5.74) is 1.45. The molecule has 0 radical (unpaired) electrons. The molecule has 2 heterocycles. The summed E-state index contributed by atoms with van der Waals surface area (Å²) in [7, 11) is 0. The minimum atomic E-state index is -0.576. The van der Waals surface area contributed by atoms with Crippen LogP contribution in [0.25, 0.3) is 10.9 Å². The number of fused-ring (bicyclic) bond motifs is 3. The summed E-state index contributed by atoms with van der Waals surface area (Å²) in [5.74, 6) is -1.22. The minimum Gasteiger partial charge on any atom is -0.461 e. The van der Waals surface area contributed by atoms with Crippen LogP contribution in [0.1, 0.15) is 64.4 Å². The summed E-state index contributed by atoms with van der Waals surface area (Å²) in [6.07, 6.45) is 3.31. The highest BCUT2D eigenvalue weighted by atomic mass is 19.1. The van der Waals surface area contributed by atoms with Gasteiger partial charge >= 0.3 is 5.97 Å². The molecule has 1 aliphatic carbocycles. The lowest BCUT2D eigenvalue weighted by Crippen LogP contribution is -2.45. The predicted molar refractivity (Wildman–Crippen MR) is 119 cm³/mol. The Labute approximate surface area is 182 Å². The molecule has 1 aliphatic heterocycles. The van der Waals surface area contributed by atoms with Crippen molar-refractivity contribution >= 4 is 28.5 Å². The van der Waals surface area contributed by atoms with Crippen molar-refractivity contribution in [2.24, 2.45) is 10.8 Å². The van der Waals surface area contributed by atoms with Crippen LogP contribution < -0.4 is 5.32 Å². The zero-order chi connectivity index (χ0) is 22.6. The summed E-state index contributed by atoms with van der Waals surface area (Å²) in [6, 6.07) is 4.18. The second-order valence-corrected chi connectivity index (χ2v) is 10.3. The van der Waals surface area contributed by atoms with Crippen LogP contribution in [0.15, 0.2) is 18.2 Å². The van der Waals surface area contributed by atoms with Crippen LogP contribution in [-0.2, 0) is 9.53 Å². The number of H-pyrrole nitrogens is 1. The number of hydrogen-bond acceptors (Lipinski definition) is 4. The number of aromatic nitrogens is 1. The number of ether oxygens (including phenoxy) is 1. The number of anilines is 1. The average Bonchev–Trinajstić information content (AvgIpc) is 3.14. The third kappa shape index (κ3) is 4.07. The van der Waals surface area contributed by atoms with E-state index in [1.165, 1.54) is 12.1 Å². The second-order valence-electron chi connectivity index (χ2n) is 10.3. The number of amides is 1. The van der Waals surface area contributed by atoms with Crippen molar-refractivity contribution in [2.45, 2.75) is 66.0 Å². The average molecular weight is 430 g/mol. The van der Waals surface area contributed by atoms with Gasteiger partial charge in [-0.25, -0.2) is 9.18 Å². The molecule has 2 N–H and O–H groups in total. The van der Waals surface area contributed by atoms with Gasteiger partial charge in [-0.1, -0.05) is 20.8 Å². The fourth-order valence-corrected chi connectivity index (χ4v) is 5.99. The molecule has 6 nitrogen and oxygen atoms in total. The SMILES string of the molecule is CCOC(=O)c1[nH]c2ccc(F)cc2c1NC(=O)[C@@H](C)N1C[C@@]2(C)C[C@@H]1CC(C)(C)C2. The molecule has 1 amide bonds. The van der Waals surface area contributed by atoms with Crippen LogP contribution in [0.4, 0.5) is 10.1 Å². The fraction of sp³-hybridized carbons (Fsp3) is 0.583. The molecule has 1 aromatic carbocycles. The van der Waals surface area contributed by atoms with Crippen LogP contribution in [0, 0.1) is 16.6 Å². The van der Waals surface area contributed by atoms with Gasteiger partial charge < -0.3 is 15.0 Å². The van der Waals surface area contributed by atoms with Gasteiger partial charge in [-0.05, 0) is 62.1 Å². The maximum atomic E-state index is 13.9. The Balaban J connectivity index is 1.62. The number of likely N-dealkylation sites (tertiary alicyclic amines) is 1. The molecule has 2 fully saturated rings. The number of nitrogens with one attached hydrogen (secondary N) is 2. The summed E-state index contributed by atoms with van der Waals surface area (Å²) in [5, 5.41) is 3.37. The molecule has 0 spiro atoms. The molecule has 168 valence electrons. The van der Waals surface area contributed by atoms with E-state index in [0.29, 0.717) is 16.9 Å². The predicted octanol–water partition coefficient (Wildman–Crippen LogP) is 4.71. The van der Waals surface area contributed by atoms with Crippen LogP contribution in [0.2, 0.25) is 0 Å². The zero-order valence-electron chi connectivity index (χ0n) is 19.0. The topological polar surface area (TPSA) is 74.4 Å². The lowest BCUT2D eigenvalue weighted by molar-refractivity contribution is -0.121. The minimum absolute atomic E-state index is 0.135. The Hall–Kier alpha value is -2.41. The molecule has 7 heteroatoms. The summed E-state index contributed by atoms with van der Waals surface area (Å²) in [4.78, 5) is 31.1. The normalized spacial score (nSPS) is 26.1. The number of nitrogens with zero attached hydrogens (tertiary/aromatic N) is 1. The van der Waals surface area contributed by atoms with E-state index in [-0.39, 0.29) is 40.8 Å². The molecule has 3 atom stereocenters. The number of hydrogen-bond donors (Lipinski definition) is 2. The third-order valence-electron chi connectivity index (χ3n) is 6.82. The zero-order valence-corrected chi connectivity index (χ0v) is 19.0. The van der Waals surface area contributed by atoms with E-state index in [2.05, 4.69) is 36.0 Å². The first-order chi connectivity index (χ1) is 14.5. The van der Waals surface area contributed by atoms with Gasteiger partial charge in [-0.2, -0.15) is 0 Å². The number of rotatable bonds is 5. The highest BCUT2D eigenvalue weighted by molar-refractivity contribution is 6.11. The first-order valence-electron chi connectivity index (χ1n) is 11.1. The highest BCUT2D eigenvalue weighted by Crippen LogP contribution is 2.53. The Bertz CT molecular complexity index is 1030. The van der Waals surface area contributed by atoms with Crippen molar-refractivity contribution in [3.8, 4) is 0 Å². The van der Waals surface area contributed by atoms with Gasteiger partial charge in [0.25, 0.3) is 0 Å². The Kier molecular flexibility index (Phi) is 5.36. The maximum Gasteiger partial charge on any atom is 0.356 e. The molecular weight excluding hydrogens is 397 g/mol. The molecule has 2 aliphatic rings. The van der Waals surface area contributed by atoms with Crippen molar-refractivity contribution in [1.29, 1.82) is 0 Å². The number of aromatic amines is 1. The smallest absolute Gasteiger partial charge is 0.356 e. The van der Waals surface area contributed by atoms with E-state index in [1.54, 1.807) is 13.0 Å². The monoisotopic (exact) mass is 429 g/mol. The summed E-state index contributed by atoms with van der Waals surface area (Å²) < 4.78 is 19.1.